The number of hydrogen-bond acceptors (Lipinski definition) is 2. The summed E-state index contributed by atoms with van der Waals surface area (Å²) in [5.74, 6) is 1.77. The van der Waals surface area contributed by atoms with Gasteiger partial charge in [0.1, 0.15) is 0 Å². The summed E-state index contributed by atoms with van der Waals surface area (Å²) in [5.41, 5.74) is 0. The molecule has 0 fully saturated rings. The Kier molecular flexibility index (Phi) is 3.81. The Balaban J connectivity index is 1.81. The predicted octanol–water partition coefficient (Wildman–Crippen LogP) is 3.06. The molecule has 0 bridgehead atoms. The molecule has 0 spiro atoms. The third-order valence-corrected chi connectivity index (χ3v) is 3.62. The first-order valence-electron chi connectivity index (χ1n) is 4.56. The van der Waals surface area contributed by atoms with Gasteiger partial charge in [-0.05, 0) is 0 Å². The summed E-state index contributed by atoms with van der Waals surface area (Å²) in [6, 6.07) is 19.5. The Bertz CT molecular complexity index is 349. The van der Waals surface area contributed by atoms with Crippen LogP contribution in [0.25, 0.3) is 0 Å². The van der Waals surface area contributed by atoms with Gasteiger partial charge in [0.15, 0.2) is 0 Å². The molecule has 2 rings (SSSR count). The molecule has 0 aliphatic rings. The van der Waals surface area contributed by atoms with Gasteiger partial charge in [-0.3, -0.25) is 0 Å². The molecule has 0 saturated carbocycles. The zero-order valence-electron chi connectivity index (χ0n) is 8.00. The molecule has 0 saturated heterocycles. The molecule has 2 aromatic rings. The summed E-state index contributed by atoms with van der Waals surface area (Å²) in [7, 11) is 0. The molecule has 3 heteroatoms. The molecule has 2 nitrogen and oxygen atoms in total. The molecule has 2 aromatic carbocycles. The number of rotatable bonds is 4. The second-order valence-corrected chi connectivity index (χ2v) is 4.55. The molecular formula is C12H10O2W. The van der Waals surface area contributed by atoms with Gasteiger partial charge in [-0.1, -0.05) is 0 Å². The first kappa shape index (κ1) is 10.3. The summed E-state index contributed by atoms with van der Waals surface area (Å²) < 4.78 is 11.1. The second kappa shape index (κ2) is 5.57. The summed E-state index contributed by atoms with van der Waals surface area (Å²) in [5, 5.41) is 0. The molecule has 0 radical (unpaired) electrons. The van der Waals surface area contributed by atoms with Crippen LogP contribution in [0.4, 0.5) is 0 Å². The SMILES string of the molecule is c1ccc([O][W][O]c2ccccc2)cc1. The molecule has 76 valence electrons. The van der Waals surface area contributed by atoms with E-state index in [1.54, 1.807) is 0 Å². The van der Waals surface area contributed by atoms with Crippen LogP contribution in [0.2, 0.25) is 0 Å². The van der Waals surface area contributed by atoms with Crippen LogP contribution in [0.15, 0.2) is 60.7 Å². The molecule has 0 atom stereocenters. The van der Waals surface area contributed by atoms with Crippen molar-refractivity contribution in [2.24, 2.45) is 0 Å². The number of para-hydroxylation sites is 2. The quantitative estimate of drug-likeness (QED) is 0.824. The normalized spacial score (nSPS) is 9.60. The van der Waals surface area contributed by atoms with Crippen molar-refractivity contribution >= 4 is 0 Å². The van der Waals surface area contributed by atoms with Crippen LogP contribution >= 0.6 is 0 Å². The molecule has 0 amide bonds. The Hall–Kier alpha value is -1.27. The molecule has 0 aromatic heterocycles. The van der Waals surface area contributed by atoms with Crippen LogP contribution < -0.4 is 6.78 Å². The summed E-state index contributed by atoms with van der Waals surface area (Å²) in [6.45, 7) is 0. The van der Waals surface area contributed by atoms with Crippen LogP contribution in [0.1, 0.15) is 0 Å². The van der Waals surface area contributed by atoms with Crippen molar-refractivity contribution in [2.45, 2.75) is 0 Å². The molecule has 0 aliphatic heterocycles. The van der Waals surface area contributed by atoms with Gasteiger partial charge in [0.05, 0.1) is 0 Å². The predicted molar refractivity (Wildman–Crippen MR) is 54.1 cm³/mol. The van der Waals surface area contributed by atoms with Gasteiger partial charge < -0.3 is 0 Å². The molecule has 0 heterocycles. The second-order valence-electron chi connectivity index (χ2n) is 2.86. The van der Waals surface area contributed by atoms with Gasteiger partial charge in [-0.25, -0.2) is 0 Å². The van der Waals surface area contributed by atoms with Gasteiger partial charge >= 0.3 is 98.3 Å². The molecule has 0 aliphatic carbocycles. The van der Waals surface area contributed by atoms with E-state index < -0.39 is 19.3 Å². The fourth-order valence-electron chi connectivity index (χ4n) is 1.05. The van der Waals surface area contributed by atoms with Gasteiger partial charge in [0.2, 0.25) is 0 Å². The Morgan fingerprint density at radius 2 is 1.00 bits per heavy atom. The minimum atomic E-state index is -1.23. The third kappa shape index (κ3) is 3.41. The minimum absolute atomic E-state index is 0.887. The Labute approximate surface area is 98.3 Å². The van der Waals surface area contributed by atoms with Crippen molar-refractivity contribution in [3.63, 3.8) is 0 Å². The van der Waals surface area contributed by atoms with Crippen LogP contribution in [-0.2, 0) is 19.3 Å². The summed E-state index contributed by atoms with van der Waals surface area (Å²) >= 11 is -1.23. The van der Waals surface area contributed by atoms with Crippen molar-refractivity contribution in [2.75, 3.05) is 0 Å². The van der Waals surface area contributed by atoms with Crippen molar-refractivity contribution < 1.29 is 26.1 Å². The van der Waals surface area contributed by atoms with Crippen molar-refractivity contribution in [1.82, 2.24) is 0 Å². The van der Waals surface area contributed by atoms with Crippen LogP contribution in [0.5, 0.6) is 11.5 Å². The van der Waals surface area contributed by atoms with E-state index >= 15 is 0 Å². The fraction of sp³-hybridized carbons (Fsp3) is 0. The van der Waals surface area contributed by atoms with Gasteiger partial charge in [0.25, 0.3) is 0 Å². The summed E-state index contributed by atoms with van der Waals surface area (Å²) in [4.78, 5) is 0. The average Bonchev–Trinajstić information content (AvgIpc) is 2.32. The summed E-state index contributed by atoms with van der Waals surface area (Å²) in [6.07, 6.45) is 0. The first-order valence-corrected chi connectivity index (χ1v) is 6.96. The van der Waals surface area contributed by atoms with E-state index in [1.165, 1.54) is 0 Å². The molecule has 0 unspecified atom stereocenters. The Morgan fingerprint density at radius 1 is 0.600 bits per heavy atom. The fourth-order valence-corrected chi connectivity index (χ4v) is 2.53. The number of benzene rings is 2. The zero-order chi connectivity index (χ0) is 10.3. The zero-order valence-corrected chi connectivity index (χ0v) is 10.9. The standard InChI is InChI=1S/2C6H6O.W/c2*7-6-4-2-1-3-5-6;/h2*1-5,7H;/q;;+2/p-2. The van der Waals surface area contributed by atoms with E-state index in [4.69, 9.17) is 6.78 Å². The van der Waals surface area contributed by atoms with E-state index in [0.29, 0.717) is 0 Å². The maximum absolute atomic E-state index is 5.55. The molecule has 15 heavy (non-hydrogen) atoms. The average molecular weight is 370 g/mol. The van der Waals surface area contributed by atoms with Crippen molar-refractivity contribution in [3.05, 3.63) is 60.7 Å². The molecular weight excluding hydrogens is 360 g/mol. The van der Waals surface area contributed by atoms with E-state index in [-0.39, 0.29) is 0 Å². The Morgan fingerprint density at radius 3 is 1.40 bits per heavy atom. The van der Waals surface area contributed by atoms with Crippen LogP contribution in [0, 0.1) is 0 Å². The third-order valence-electron chi connectivity index (χ3n) is 1.75. The van der Waals surface area contributed by atoms with E-state index in [2.05, 4.69) is 0 Å². The van der Waals surface area contributed by atoms with Crippen molar-refractivity contribution in [1.29, 1.82) is 0 Å². The number of hydrogen-bond donors (Lipinski definition) is 0. The molecule has 0 N–H and O–H groups in total. The van der Waals surface area contributed by atoms with Gasteiger partial charge in [0, 0.05) is 0 Å². The maximum atomic E-state index is 5.55. The monoisotopic (exact) mass is 370 g/mol. The topological polar surface area (TPSA) is 18.5 Å². The van der Waals surface area contributed by atoms with E-state index in [0.717, 1.165) is 11.5 Å². The van der Waals surface area contributed by atoms with Crippen LogP contribution in [0.3, 0.4) is 0 Å². The van der Waals surface area contributed by atoms with Crippen molar-refractivity contribution in [3.8, 4) is 11.5 Å². The van der Waals surface area contributed by atoms with E-state index in [9.17, 15) is 0 Å². The first-order chi connectivity index (χ1) is 7.45. The van der Waals surface area contributed by atoms with E-state index in [1.807, 2.05) is 60.7 Å². The van der Waals surface area contributed by atoms with Crippen LogP contribution in [-0.4, -0.2) is 0 Å². The van der Waals surface area contributed by atoms with Gasteiger partial charge in [-0.15, -0.1) is 0 Å². The van der Waals surface area contributed by atoms with Gasteiger partial charge in [-0.2, -0.15) is 0 Å².